The van der Waals surface area contributed by atoms with Gasteiger partial charge < -0.3 is 23.7 Å². The number of furan rings is 1. The molecule has 0 radical (unpaired) electrons. The Morgan fingerprint density at radius 1 is 0.973 bits per heavy atom. The van der Waals surface area contributed by atoms with E-state index in [0.29, 0.717) is 37.6 Å². The summed E-state index contributed by atoms with van der Waals surface area (Å²) in [5.74, 6) is -0.728. The third-order valence-electron chi connectivity index (χ3n) is 5.68. The molecule has 11 nitrogen and oxygen atoms in total. The molecule has 2 amide bonds. The van der Waals surface area contributed by atoms with Crippen molar-refractivity contribution >= 4 is 44.8 Å². The molecule has 1 aromatic carbocycles. The summed E-state index contributed by atoms with van der Waals surface area (Å²) in [4.78, 5) is 39.9. The van der Waals surface area contributed by atoms with Crippen LogP contribution in [0, 0.1) is 0 Å². The number of anilines is 1. The Kier molecular flexibility index (Phi) is 8.14. The second-order valence-corrected chi connectivity index (χ2v) is 11.1. The average Bonchev–Trinajstić information content (AvgIpc) is 3.65. The van der Waals surface area contributed by atoms with Gasteiger partial charge in [0.05, 0.1) is 12.0 Å². The van der Waals surface area contributed by atoms with E-state index in [-0.39, 0.29) is 21.8 Å². The first-order valence-corrected chi connectivity index (χ1v) is 13.6. The number of nitrogens with zero attached hydrogens (tertiary/aromatic N) is 3. The Bertz CT molecular complexity index is 1310. The van der Waals surface area contributed by atoms with E-state index in [1.807, 2.05) is 0 Å². The summed E-state index contributed by atoms with van der Waals surface area (Å²) in [7, 11) is -2.20. The van der Waals surface area contributed by atoms with Crippen LogP contribution in [0.5, 0.6) is 5.75 Å². The van der Waals surface area contributed by atoms with Crippen molar-refractivity contribution in [2.45, 2.75) is 4.21 Å². The normalized spacial score (nSPS) is 13.8. The molecule has 0 bridgehead atoms. The summed E-state index contributed by atoms with van der Waals surface area (Å²) in [6.07, 6.45) is 1.43. The maximum atomic E-state index is 12.6. The molecule has 3 heterocycles. The van der Waals surface area contributed by atoms with Gasteiger partial charge in [-0.25, -0.2) is 13.2 Å². The van der Waals surface area contributed by atoms with Crippen molar-refractivity contribution in [2.75, 3.05) is 50.7 Å². The van der Waals surface area contributed by atoms with Gasteiger partial charge in [0.25, 0.3) is 21.8 Å². The van der Waals surface area contributed by atoms with E-state index in [1.54, 1.807) is 40.6 Å². The third-order valence-corrected chi connectivity index (χ3v) is 8.83. The lowest BCUT2D eigenvalue weighted by Crippen LogP contribution is -2.51. The highest BCUT2D eigenvalue weighted by atomic mass is 32.2. The number of piperazine rings is 1. The van der Waals surface area contributed by atoms with Crippen molar-refractivity contribution < 1.29 is 36.7 Å². The molecule has 0 saturated carbocycles. The summed E-state index contributed by atoms with van der Waals surface area (Å²) in [5, 5.41) is 1.69. The van der Waals surface area contributed by atoms with Crippen molar-refractivity contribution in [3.05, 3.63) is 65.9 Å². The predicted molar refractivity (Wildman–Crippen MR) is 134 cm³/mol. The van der Waals surface area contributed by atoms with E-state index in [9.17, 15) is 22.8 Å². The van der Waals surface area contributed by atoms with E-state index in [4.69, 9.17) is 13.9 Å². The fourth-order valence-electron chi connectivity index (χ4n) is 3.57. The number of amides is 2. The van der Waals surface area contributed by atoms with Crippen molar-refractivity contribution in [1.82, 2.24) is 9.80 Å². The van der Waals surface area contributed by atoms with E-state index in [1.165, 1.54) is 36.4 Å². The van der Waals surface area contributed by atoms with Crippen molar-refractivity contribution in [2.24, 2.45) is 0 Å². The molecule has 1 aliphatic rings. The number of sulfonamides is 1. The van der Waals surface area contributed by atoms with Crippen molar-refractivity contribution in [3.63, 3.8) is 0 Å². The van der Waals surface area contributed by atoms with Crippen LogP contribution in [-0.2, 0) is 24.3 Å². The minimum absolute atomic E-state index is 0.232. The molecule has 0 aliphatic carbocycles. The number of carbonyl (C=O) groups excluding carboxylic acids is 3. The largest absolute Gasteiger partial charge is 0.482 e. The number of rotatable bonds is 9. The van der Waals surface area contributed by atoms with Crippen LogP contribution in [0.15, 0.2) is 68.8 Å². The number of ether oxygens (including phenoxy) is 2. The number of esters is 1. The average molecular weight is 548 g/mol. The number of thiophene rings is 1. The number of benzene rings is 1. The zero-order valence-corrected chi connectivity index (χ0v) is 21.6. The maximum absolute atomic E-state index is 12.6. The molecule has 0 atom stereocenters. The maximum Gasteiger partial charge on any atom is 0.344 e. The summed E-state index contributed by atoms with van der Waals surface area (Å²) in [5.41, 5.74) is 0.430. The highest BCUT2D eigenvalue weighted by molar-refractivity contribution is 7.94. The first-order chi connectivity index (χ1) is 17.8. The van der Waals surface area contributed by atoms with Gasteiger partial charge in [-0.05, 0) is 47.8 Å². The lowest BCUT2D eigenvalue weighted by atomic mass is 10.3. The van der Waals surface area contributed by atoms with Crippen LogP contribution in [0.3, 0.4) is 0 Å². The molecular formula is C24H25N3O8S2. The van der Waals surface area contributed by atoms with Gasteiger partial charge in [-0.15, -0.1) is 11.3 Å². The van der Waals surface area contributed by atoms with Gasteiger partial charge in [-0.1, -0.05) is 6.07 Å². The minimum Gasteiger partial charge on any atom is -0.482 e. The fourth-order valence-corrected chi connectivity index (χ4v) is 5.93. The highest BCUT2D eigenvalue weighted by Crippen LogP contribution is 2.26. The second-order valence-electron chi connectivity index (χ2n) is 8.00. The van der Waals surface area contributed by atoms with Gasteiger partial charge in [0, 0.05) is 33.2 Å². The van der Waals surface area contributed by atoms with Gasteiger partial charge in [0.15, 0.2) is 19.0 Å². The van der Waals surface area contributed by atoms with Gasteiger partial charge >= 0.3 is 5.97 Å². The van der Waals surface area contributed by atoms with Crippen LogP contribution < -0.4 is 9.04 Å². The predicted octanol–water partition coefficient (Wildman–Crippen LogP) is 2.07. The second kappa shape index (κ2) is 11.5. The smallest absolute Gasteiger partial charge is 0.344 e. The number of hydrogen-bond donors (Lipinski definition) is 0. The Morgan fingerprint density at radius 3 is 2.30 bits per heavy atom. The summed E-state index contributed by atoms with van der Waals surface area (Å²) >= 11 is 1.13. The Balaban J connectivity index is 1.18. The molecule has 1 fully saturated rings. The summed E-state index contributed by atoms with van der Waals surface area (Å²) in [6, 6.07) is 12.6. The molecule has 0 spiro atoms. The van der Waals surface area contributed by atoms with Gasteiger partial charge in [-0.2, -0.15) is 0 Å². The molecular weight excluding hydrogens is 522 g/mol. The molecule has 1 aliphatic heterocycles. The summed E-state index contributed by atoms with van der Waals surface area (Å²) in [6.45, 7) is 0.495. The third kappa shape index (κ3) is 6.30. The van der Waals surface area contributed by atoms with Gasteiger partial charge in [0.2, 0.25) is 0 Å². The van der Waals surface area contributed by atoms with Crippen LogP contribution in [0.2, 0.25) is 0 Å². The molecule has 13 heteroatoms. The van der Waals surface area contributed by atoms with E-state index >= 15 is 0 Å². The Hall–Kier alpha value is -3.84. The summed E-state index contributed by atoms with van der Waals surface area (Å²) < 4.78 is 42.2. The molecule has 1 saturated heterocycles. The monoisotopic (exact) mass is 547 g/mol. The molecule has 0 N–H and O–H groups in total. The first-order valence-electron chi connectivity index (χ1n) is 11.3. The first kappa shape index (κ1) is 26.2. The van der Waals surface area contributed by atoms with Crippen molar-refractivity contribution in [1.29, 1.82) is 0 Å². The number of carbonyl (C=O) groups is 3. The minimum atomic E-state index is -3.65. The molecule has 4 rings (SSSR count). The van der Waals surface area contributed by atoms with Crippen molar-refractivity contribution in [3.8, 4) is 5.75 Å². The Labute approximate surface area is 217 Å². The van der Waals surface area contributed by atoms with Crippen LogP contribution >= 0.6 is 11.3 Å². The lowest BCUT2D eigenvalue weighted by molar-refractivity contribution is -0.154. The highest BCUT2D eigenvalue weighted by Gasteiger charge is 2.26. The zero-order chi connectivity index (χ0) is 26.4. The van der Waals surface area contributed by atoms with Crippen LogP contribution in [0.25, 0.3) is 0 Å². The molecule has 37 heavy (non-hydrogen) atoms. The topological polar surface area (TPSA) is 127 Å². The molecule has 3 aromatic rings. The van der Waals surface area contributed by atoms with E-state index in [0.717, 1.165) is 15.6 Å². The fraction of sp³-hybridized carbons (Fsp3) is 0.292. The van der Waals surface area contributed by atoms with E-state index < -0.39 is 29.2 Å². The molecule has 196 valence electrons. The molecule has 2 aromatic heterocycles. The van der Waals surface area contributed by atoms with Gasteiger partial charge in [-0.3, -0.25) is 13.9 Å². The van der Waals surface area contributed by atoms with Gasteiger partial charge in [0.1, 0.15) is 9.96 Å². The quantitative estimate of drug-likeness (QED) is 0.373. The number of hydrogen-bond acceptors (Lipinski definition) is 9. The van der Waals surface area contributed by atoms with Crippen LogP contribution in [0.1, 0.15) is 10.6 Å². The Morgan fingerprint density at radius 2 is 1.68 bits per heavy atom. The zero-order valence-electron chi connectivity index (χ0n) is 19.9. The van der Waals surface area contributed by atoms with E-state index in [2.05, 4.69) is 0 Å². The van der Waals surface area contributed by atoms with Crippen LogP contribution in [-0.4, -0.2) is 82.4 Å². The van der Waals surface area contributed by atoms with Crippen LogP contribution in [0.4, 0.5) is 5.69 Å². The molecule has 0 unspecified atom stereocenters. The lowest BCUT2D eigenvalue weighted by Gasteiger charge is -2.34. The SMILES string of the molecule is CN(c1ccc(OCC(=O)OCC(=O)N2CCN(C(=O)c3ccco3)CC2)cc1)S(=O)(=O)c1cccs1. The standard InChI is InChI=1S/C24H25N3O8S2/c1-25(37(31,32)23-5-3-15-36-23)18-6-8-19(9-7-18)34-17-22(29)35-16-21(28)26-10-12-27(13-11-26)24(30)20-4-2-14-33-20/h2-9,14-15H,10-13,16-17H2,1H3.